The Morgan fingerprint density at radius 1 is 1.11 bits per heavy atom. The molecule has 2 heterocycles. The number of hydrogen-bond acceptors (Lipinski definition) is 7. The third kappa shape index (κ3) is 6.74. The number of fused-ring (bicyclic) bond motifs is 1. The molecule has 0 aliphatic carbocycles. The fraction of sp³-hybridized carbons (Fsp3) is 0.241. The van der Waals surface area contributed by atoms with Crippen molar-refractivity contribution in [3.05, 3.63) is 93.9 Å². The van der Waals surface area contributed by atoms with E-state index in [0.29, 0.717) is 37.0 Å². The molecular weight excluding hydrogens is 548 g/mol. The third-order valence-electron chi connectivity index (χ3n) is 6.41. The van der Waals surface area contributed by atoms with E-state index < -0.39 is 18.0 Å². The fourth-order valence-corrected chi connectivity index (χ4v) is 4.86. The highest BCUT2D eigenvalue weighted by atomic mass is 79.9. The summed E-state index contributed by atoms with van der Waals surface area (Å²) in [5.41, 5.74) is 2.24. The van der Waals surface area contributed by atoms with E-state index in [1.807, 2.05) is 66.5 Å². The average molecular weight is 573 g/mol. The Hall–Kier alpha value is -4.25. The maximum Gasteiger partial charge on any atom is 0.270 e. The molecule has 4 rings (SSSR count). The molecule has 1 aliphatic heterocycles. The maximum atomic E-state index is 13.3. The quantitative estimate of drug-likeness (QED) is 0.319. The van der Waals surface area contributed by atoms with Crippen LogP contribution >= 0.6 is 15.9 Å². The lowest BCUT2D eigenvalue weighted by Gasteiger charge is -2.25. The van der Waals surface area contributed by atoms with Crippen LogP contribution in [-0.4, -0.2) is 47.3 Å². The van der Waals surface area contributed by atoms with Gasteiger partial charge in [-0.05, 0) is 43.0 Å². The zero-order valence-electron chi connectivity index (χ0n) is 20.4. The lowest BCUT2D eigenvalue weighted by atomic mass is 9.95. The van der Waals surface area contributed by atoms with Crippen LogP contribution in [0.3, 0.4) is 0 Å². The highest BCUT2D eigenvalue weighted by Gasteiger charge is 2.27. The lowest BCUT2D eigenvalue weighted by Crippen LogP contribution is -2.45. The minimum Gasteiger partial charge on any atom is -0.379 e. The molecule has 3 aromatic rings. The molecule has 1 aliphatic rings. The van der Waals surface area contributed by atoms with Gasteiger partial charge in [-0.3, -0.25) is 4.79 Å². The molecule has 0 spiro atoms. The monoisotopic (exact) mass is 572 g/mol. The summed E-state index contributed by atoms with van der Waals surface area (Å²) < 4.78 is 0.840. The Balaban J connectivity index is 1.59. The van der Waals surface area contributed by atoms with Gasteiger partial charge in [0.25, 0.3) is 5.91 Å². The van der Waals surface area contributed by atoms with E-state index in [4.69, 9.17) is 0 Å². The number of allylic oxidation sites excluding steroid dienone is 1. The number of rotatable bonds is 10. The van der Waals surface area contributed by atoms with E-state index in [-0.39, 0.29) is 17.3 Å². The van der Waals surface area contributed by atoms with Crippen LogP contribution < -0.4 is 16.0 Å². The summed E-state index contributed by atoms with van der Waals surface area (Å²) in [4.78, 5) is 52.4. The molecule has 0 unspecified atom stereocenters. The van der Waals surface area contributed by atoms with Gasteiger partial charge in [-0.1, -0.05) is 58.4 Å². The molecule has 2 aromatic carbocycles. The second kappa shape index (κ2) is 12.8. The van der Waals surface area contributed by atoms with E-state index in [9.17, 15) is 19.2 Å². The maximum absolute atomic E-state index is 13.3. The number of carbonyl (C=O) groups excluding carboxylic acids is 4. The molecule has 1 fully saturated rings. The van der Waals surface area contributed by atoms with Gasteiger partial charge in [0.2, 0.25) is 0 Å². The SMILES string of the molecule is O=C=C[C@H](C[C@@H]1CCNC1=C=O)NC(=C=O)[C@H](Cc1ccccc1)NC(=O)c1ccc2ccc(Br)cc2n1. The van der Waals surface area contributed by atoms with Gasteiger partial charge in [-0.15, -0.1) is 0 Å². The third-order valence-corrected chi connectivity index (χ3v) is 6.90. The molecule has 0 bridgehead atoms. The van der Waals surface area contributed by atoms with E-state index in [1.54, 1.807) is 12.0 Å². The Bertz CT molecular complexity index is 1470. The first-order valence-electron chi connectivity index (χ1n) is 12.1. The number of halogens is 1. The average Bonchev–Trinajstić information content (AvgIpc) is 3.38. The fourth-order valence-electron chi connectivity index (χ4n) is 4.51. The van der Waals surface area contributed by atoms with Crippen LogP contribution in [0.1, 0.15) is 28.9 Å². The van der Waals surface area contributed by atoms with Crippen molar-refractivity contribution in [3.63, 3.8) is 0 Å². The Morgan fingerprint density at radius 3 is 2.63 bits per heavy atom. The normalized spacial score (nSPS) is 15.8. The molecule has 1 aromatic heterocycles. The highest BCUT2D eigenvalue weighted by Crippen LogP contribution is 2.23. The topological polar surface area (TPSA) is 117 Å². The first kappa shape index (κ1) is 26.8. The zero-order valence-corrected chi connectivity index (χ0v) is 22.0. The number of aromatic nitrogens is 1. The second-order valence-corrected chi connectivity index (χ2v) is 9.88. The first-order chi connectivity index (χ1) is 18.5. The summed E-state index contributed by atoms with van der Waals surface area (Å²) in [6.07, 6.45) is 2.63. The predicted molar refractivity (Wildman–Crippen MR) is 147 cm³/mol. The summed E-state index contributed by atoms with van der Waals surface area (Å²) in [5, 5.41) is 9.83. The standard InChI is InChI=1S/C29H25BrN4O4/c30-22-8-6-20-7-9-24(33-25(20)16-22)29(38)34-26(14-19-4-2-1-3-5-19)28(18-37)32-23(11-13-35)15-21-10-12-31-27(21)17-36/h1-9,11,16,21,23,26,31-32H,10,12,14-15H2,(H,34,38)/t21-,23+,26-/m0/s1. The van der Waals surface area contributed by atoms with Crippen LogP contribution in [0.4, 0.5) is 0 Å². The molecule has 0 saturated carbocycles. The molecule has 38 heavy (non-hydrogen) atoms. The predicted octanol–water partition coefficient (Wildman–Crippen LogP) is 3.12. The number of nitrogens with one attached hydrogen (secondary N) is 3. The van der Waals surface area contributed by atoms with Crippen LogP contribution in [0.2, 0.25) is 0 Å². The summed E-state index contributed by atoms with van der Waals surface area (Å²) in [6, 6.07) is 17.1. The van der Waals surface area contributed by atoms with E-state index in [0.717, 1.165) is 15.4 Å². The summed E-state index contributed by atoms with van der Waals surface area (Å²) in [6.45, 7) is 0.630. The molecule has 9 heteroatoms. The Morgan fingerprint density at radius 2 is 1.89 bits per heavy atom. The molecule has 3 N–H and O–H groups in total. The van der Waals surface area contributed by atoms with E-state index in [2.05, 4.69) is 36.9 Å². The Labute approximate surface area is 228 Å². The van der Waals surface area contributed by atoms with Gasteiger partial charge in [-0.25, -0.2) is 19.4 Å². The van der Waals surface area contributed by atoms with Crippen LogP contribution in [-0.2, 0) is 20.8 Å². The van der Waals surface area contributed by atoms with Crippen molar-refractivity contribution in [1.29, 1.82) is 0 Å². The van der Waals surface area contributed by atoms with Crippen molar-refractivity contribution >= 4 is 50.6 Å². The zero-order chi connectivity index (χ0) is 26.9. The molecule has 8 nitrogen and oxygen atoms in total. The highest BCUT2D eigenvalue weighted by molar-refractivity contribution is 9.10. The van der Waals surface area contributed by atoms with Crippen LogP contribution in [0.25, 0.3) is 10.9 Å². The molecule has 1 saturated heterocycles. The van der Waals surface area contributed by atoms with Gasteiger partial charge in [0.1, 0.15) is 29.2 Å². The number of amides is 1. The lowest BCUT2D eigenvalue weighted by molar-refractivity contribution is 0.0936. The van der Waals surface area contributed by atoms with Gasteiger partial charge in [0, 0.05) is 28.4 Å². The largest absolute Gasteiger partial charge is 0.379 e. The van der Waals surface area contributed by atoms with Crippen LogP contribution in [0.15, 0.2) is 82.6 Å². The number of pyridine rings is 1. The van der Waals surface area contributed by atoms with Crippen molar-refractivity contribution in [2.45, 2.75) is 31.3 Å². The molecule has 192 valence electrons. The smallest absolute Gasteiger partial charge is 0.270 e. The Kier molecular flexibility index (Phi) is 9.04. The number of hydrogen-bond donors (Lipinski definition) is 3. The molecule has 1 amide bonds. The summed E-state index contributed by atoms with van der Waals surface area (Å²) in [7, 11) is 0. The number of benzene rings is 2. The van der Waals surface area contributed by atoms with Gasteiger partial charge in [0.05, 0.1) is 23.3 Å². The van der Waals surface area contributed by atoms with Gasteiger partial charge in [0.15, 0.2) is 0 Å². The minimum atomic E-state index is -0.784. The van der Waals surface area contributed by atoms with E-state index >= 15 is 0 Å². The van der Waals surface area contributed by atoms with Crippen molar-refractivity contribution < 1.29 is 19.2 Å². The van der Waals surface area contributed by atoms with Gasteiger partial charge >= 0.3 is 0 Å². The second-order valence-electron chi connectivity index (χ2n) is 8.96. The molecule has 0 radical (unpaired) electrons. The van der Waals surface area contributed by atoms with Crippen molar-refractivity contribution in [2.24, 2.45) is 5.92 Å². The molecule has 3 atom stereocenters. The summed E-state index contributed by atoms with van der Waals surface area (Å²) in [5.74, 6) is 4.99. The number of carbonyl (C=O) groups is 1. The summed E-state index contributed by atoms with van der Waals surface area (Å²) >= 11 is 3.42. The van der Waals surface area contributed by atoms with Crippen LogP contribution in [0.5, 0.6) is 0 Å². The van der Waals surface area contributed by atoms with Crippen molar-refractivity contribution in [1.82, 2.24) is 20.9 Å². The van der Waals surface area contributed by atoms with E-state index in [1.165, 1.54) is 6.08 Å². The molecular formula is C29H25BrN4O4. The first-order valence-corrected chi connectivity index (χ1v) is 12.9. The van der Waals surface area contributed by atoms with Gasteiger partial charge in [-0.2, -0.15) is 0 Å². The van der Waals surface area contributed by atoms with Gasteiger partial charge < -0.3 is 16.0 Å². The van der Waals surface area contributed by atoms with Crippen molar-refractivity contribution in [2.75, 3.05) is 6.54 Å². The number of nitrogens with zero attached hydrogens (tertiary/aromatic N) is 1. The van der Waals surface area contributed by atoms with Crippen molar-refractivity contribution in [3.8, 4) is 0 Å². The van der Waals surface area contributed by atoms with Crippen LogP contribution in [0, 0.1) is 5.92 Å². The minimum absolute atomic E-state index is 0.0739.